The maximum Gasteiger partial charge on any atom is 0.320 e. The van der Waals surface area contributed by atoms with Crippen LogP contribution in [0.15, 0.2) is 36.9 Å². The number of carbonyl (C=O) groups excluding carboxylic acids is 2. The summed E-state index contributed by atoms with van der Waals surface area (Å²) in [5.74, 6) is 1.39. The van der Waals surface area contributed by atoms with Crippen molar-refractivity contribution in [3.63, 3.8) is 0 Å². The zero-order chi connectivity index (χ0) is 29.6. The number of amides is 3. The van der Waals surface area contributed by atoms with E-state index in [1.54, 1.807) is 10.9 Å². The predicted octanol–water partition coefficient (Wildman–Crippen LogP) is 3.23. The molecule has 5 aliphatic carbocycles. The van der Waals surface area contributed by atoms with Crippen molar-refractivity contribution in [2.75, 3.05) is 11.9 Å². The van der Waals surface area contributed by atoms with E-state index in [-0.39, 0.29) is 17.5 Å². The molecule has 6 fully saturated rings. The first kappa shape index (κ1) is 26.8. The first-order valence-corrected chi connectivity index (χ1v) is 16.0. The fourth-order valence-electron chi connectivity index (χ4n) is 9.61. The number of carbonyl (C=O) groups is 2. The van der Waals surface area contributed by atoms with Gasteiger partial charge < -0.3 is 24.8 Å². The van der Waals surface area contributed by atoms with Gasteiger partial charge in [-0.1, -0.05) is 24.3 Å². The fourth-order valence-corrected chi connectivity index (χ4v) is 9.61. The van der Waals surface area contributed by atoms with Crippen molar-refractivity contribution >= 4 is 28.9 Å². The van der Waals surface area contributed by atoms with Crippen molar-refractivity contribution < 1.29 is 23.8 Å². The monoisotopic (exact) mass is 599 g/mol. The fraction of sp³-hybridized carbons (Fsp3) is 0.594. The smallest absolute Gasteiger partial charge is 0.320 e. The SMILES string of the molecule is CCNC(=O)[C@H]1O[C@@H](n2cnc3c(NC(=O)NC45CC6CC(CC(C6)C4)C5)ncnc32)[C@H]2OC3(Cc4ccccc4C3)OC12. The second-order valence-electron chi connectivity index (χ2n) is 13.9. The number of hydrogen-bond donors (Lipinski definition) is 3. The van der Waals surface area contributed by atoms with Gasteiger partial charge in [0, 0.05) is 24.9 Å². The van der Waals surface area contributed by atoms with Crippen molar-refractivity contribution in [1.29, 1.82) is 0 Å². The minimum atomic E-state index is -0.865. The van der Waals surface area contributed by atoms with Gasteiger partial charge in [0.1, 0.15) is 18.5 Å². The molecule has 10 rings (SSSR count). The summed E-state index contributed by atoms with van der Waals surface area (Å²) in [5, 5.41) is 9.19. The maximum absolute atomic E-state index is 13.3. The van der Waals surface area contributed by atoms with Crippen LogP contribution >= 0.6 is 0 Å². The minimum Gasteiger partial charge on any atom is -0.354 e. The molecule has 1 aromatic carbocycles. The van der Waals surface area contributed by atoms with E-state index in [9.17, 15) is 9.59 Å². The Morgan fingerprint density at radius 3 is 2.32 bits per heavy atom. The standard InChI is InChI=1S/C32H37N7O5/c1-2-33-28(40)24-23-25(44-32(43-23)13-20-5-3-4-6-21(20)14-32)29(42-24)39-16-36-22-26(34-15-35-27(22)39)37-30(41)38-31-10-17-7-18(11-31)9-19(8-17)12-31/h3-6,15-19,23-25,29H,2,7-14H2,1H3,(H,33,40)(H2,34,35,37,38,41)/t17?,18?,19?,23?,24-,25-,29+,31?/m0/s1. The van der Waals surface area contributed by atoms with E-state index in [2.05, 4.69) is 43.0 Å². The molecule has 44 heavy (non-hydrogen) atoms. The van der Waals surface area contributed by atoms with E-state index in [4.69, 9.17) is 14.2 Å². The van der Waals surface area contributed by atoms with Gasteiger partial charge in [0.05, 0.1) is 6.33 Å². The van der Waals surface area contributed by atoms with Gasteiger partial charge >= 0.3 is 6.03 Å². The van der Waals surface area contributed by atoms with Crippen LogP contribution in [0.4, 0.5) is 10.6 Å². The Kier molecular flexibility index (Phi) is 5.90. The van der Waals surface area contributed by atoms with Crippen LogP contribution in [0.3, 0.4) is 0 Å². The van der Waals surface area contributed by atoms with Gasteiger partial charge in [-0.25, -0.2) is 19.7 Å². The van der Waals surface area contributed by atoms with Crippen molar-refractivity contribution in [3.05, 3.63) is 48.0 Å². The molecule has 4 heterocycles. The number of ether oxygens (including phenoxy) is 3. The molecule has 0 radical (unpaired) electrons. The van der Waals surface area contributed by atoms with Crippen LogP contribution in [0, 0.1) is 17.8 Å². The van der Waals surface area contributed by atoms with E-state index in [1.165, 1.54) is 36.7 Å². The number of urea groups is 1. The molecule has 2 aliphatic heterocycles. The average molecular weight is 600 g/mol. The molecule has 3 aromatic rings. The van der Waals surface area contributed by atoms with E-state index in [1.807, 2.05) is 19.1 Å². The molecule has 2 aromatic heterocycles. The number of fused-ring (bicyclic) bond motifs is 3. The number of imidazole rings is 1. The van der Waals surface area contributed by atoms with E-state index in [0.29, 0.717) is 36.4 Å². The number of hydrogen-bond acceptors (Lipinski definition) is 8. The molecule has 12 heteroatoms. The normalized spacial score (nSPS) is 35.6. The van der Waals surface area contributed by atoms with E-state index < -0.39 is 30.3 Å². The van der Waals surface area contributed by atoms with Gasteiger partial charge in [0.25, 0.3) is 5.91 Å². The molecule has 4 saturated carbocycles. The third-order valence-electron chi connectivity index (χ3n) is 10.8. The van der Waals surface area contributed by atoms with Crippen LogP contribution in [0.1, 0.15) is 62.8 Å². The molecule has 7 aliphatic rings. The van der Waals surface area contributed by atoms with Gasteiger partial charge in [-0.2, -0.15) is 0 Å². The molecule has 1 unspecified atom stereocenters. The van der Waals surface area contributed by atoms with Crippen molar-refractivity contribution in [2.24, 2.45) is 17.8 Å². The molecule has 3 amide bonds. The maximum atomic E-state index is 13.3. The van der Waals surface area contributed by atoms with E-state index >= 15 is 0 Å². The summed E-state index contributed by atoms with van der Waals surface area (Å²) < 4.78 is 21.4. The molecule has 2 saturated heterocycles. The Balaban J connectivity index is 0.984. The summed E-state index contributed by atoms with van der Waals surface area (Å²) in [7, 11) is 0. The Hall–Kier alpha value is -3.61. The van der Waals surface area contributed by atoms with Gasteiger partial charge in [-0.05, 0) is 74.3 Å². The van der Waals surface area contributed by atoms with Gasteiger partial charge in [-0.3, -0.25) is 14.7 Å². The van der Waals surface area contributed by atoms with Gasteiger partial charge in [0.2, 0.25) is 0 Å². The van der Waals surface area contributed by atoms with Crippen LogP contribution in [-0.2, 0) is 31.8 Å². The number of aromatic nitrogens is 4. The number of nitrogens with zero attached hydrogens (tertiary/aromatic N) is 4. The molecular weight excluding hydrogens is 562 g/mol. The highest BCUT2D eigenvalue weighted by Crippen LogP contribution is 2.55. The average Bonchev–Trinajstić information content (AvgIpc) is 3.73. The Bertz CT molecular complexity index is 1600. The highest BCUT2D eigenvalue weighted by atomic mass is 16.8. The third kappa shape index (κ3) is 4.17. The summed E-state index contributed by atoms with van der Waals surface area (Å²) >= 11 is 0. The zero-order valence-corrected chi connectivity index (χ0v) is 24.7. The van der Waals surface area contributed by atoms with Crippen LogP contribution in [0.5, 0.6) is 0 Å². The first-order chi connectivity index (χ1) is 21.4. The Morgan fingerprint density at radius 2 is 1.64 bits per heavy atom. The quantitative estimate of drug-likeness (QED) is 0.406. The lowest BCUT2D eigenvalue weighted by molar-refractivity contribution is -0.210. The second-order valence-corrected chi connectivity index (χ2v) is 13.9. The topological polar surface area (TPSA) is 142 Å². The van der Waals surface area contributed by atoms with Crippen LogP contribution in [-0.4, -0.2) is 67.6 Å². The molecule has 230 valence electrons. The summed E-state index contributed by atoms with van der Waals surface area (Å²) in [4.78, 5) is 40.0. The summed E-state index contributed by atoms with van der Waals surface area (Å²) in [6, 6.07) is 7.96. The molecule has 3 N–H and O–H groups in total. The highest BCUT2D eigenvalue weighted by molar-refractivity contribution is 5.96. The molecule has 4 bridgehead atoms. The van der Waals surface area contributed by atoms with Crippen molar-refractivity contribution in [2.45, 2.75) is 94.2 Å². The van der Waals surface area contributed by atoms with Crippen molar-refractivity contribution in [3.8, 4) is 0 Å². The molecule has 12 nitrogen and oxygen atoms in total. The number of benzene rings is 1. The molecule has 1 spiro atoms. The summed E-state index contributed by atoms with van der Waals surface area (Å²) in [6.07, 6.45) is 8.57. The summed E-state index contributed by atoms with van der Waals surface area (Å²) in [6.45, 7) is 2.34. The van der Waals surface area contributed by atoms with Crippen LogP contribution < -0.4 is 16.0 Å². The molecule has 4 atom stereocenters. The number of likely N-dealkylation sites (N-methyl/N-ethyl adjacent to an activating group) is 1. The largest absolute Gasteiger partial charge is 0.354 e. The predicted molar refractivity (Wildman–Crippen MR) is 157 cm³/mol. The van der Waals surface area contributed by atoms with Crippen LogP contribution in [0.25, 0.3) is 11.2 Å². The van der Waals surface area contributed by atoms with Gasteiger partial charge in [0.15, 0.2) is 35.1 Å². The zero-order valence-electron chi connectivity index (χ0n) is 24.7. The highest BCUT2D eigenvalue weighted by Gasteiger charge is 2.62. The minimum absolute atomic E-state index is 0.124. The lowest BCUT2D eigenvalue weighted by Gasteiger charge is -2.56. The Labute approximate surface area is 254 Å². The lowest BCUT2D eigenvalue weighted by atomic mass is 9.53. The first-order valence-electron chi connectivity index (χ1n) is 16.0. The van der Waals surface area contributed by atoms with E-state index in [0.717, 1.165) is 37.0 Å². The third-order valence-corrected chi connectivity index (χ3v) is 10.8. The second kappa shape index (κ2) is 9.69. The Morgan fingerprint density at radius 1 is 0.955 bits per heavy atom. The lowest BCUT2D eigenvalue weighted by Crippen LogP contribution is -2.60. The number of anilines is 1. The van der Waals surface area contributed by atoms with Gasteiger partial charge in [-0.15, -0.1) is 0 Å². The van der Waals surface area contributed by atoms with Crippen LogP contribution in [0.2, 0.25) is 0 Å². The summed E-state index contributed by atoms with van der Waals surface area (Å²) in [5.41, 5.74) is 3.16. The van der Waals surface area contributed by atoms with Crippen molar-refractivity contribution in [1.82, 2.24) is 30.2 Å². The number of nitrogens with one attached hydrogen (secondary N) is 3. The molecular formula is C32H37N7O5. The number of rotatable bonds is 5.